The van der Waals surface area contributed by atoms with E-state index in [0.29, 0.717) is 6.54 Å². The van der Waals surface area contributed by atoms with Crippen molar-refractivity contribution in [2.75, 3.05) is 7.05 Å². The molecule has 0 aliphatic carbocycles. The third kappa shape index (κ3) is 3.28. The van der Waals surface area contributed by atoms with Crippen molar-refractivity contribution >= 4 is 17.2 Å². The summed E-state index contributed by atoms with van der Waals surface area (Å²) in [5.41, 5.74) is 5.78. The Balaban J connectivity index is 2.54. The molecule has 0 fully saturated rings. The standard InChI is InChI=1S/C10H17N3OS/c1-7(2)9(11)10(14)13(3)6-8-12-4-5-15-8/h4-5,7,9H,6,11H2,1-3H3/t9-/m1/s1. The van der Waals surface area contributed by atoms with Gasteiger partial charge >= 0.3 is 0 Å². The molecule has 0 saturated carbocycles. The number of likely N-dealkylation sites (N-methyl/N-ethyl adjacent to an activating group) is 1. The maximum atomic E-state index is 11.8. The van der Waals surface area contributed by atoms with Crippen LogP contribution in [0.2, 0.25) is 0 Å². The molecule has 0 spiro atoms. The van der Waals surface area contributed by atoms with Crippen molar-refractivity contribution in [1.29, 1.82) is 0 Å². The largest absolute Gasteiger partial charge is 0.338 e. The number of aromatic nitrogens is 1. The van der Waals surface area contributed by atoms with E-state index in [2.05, 4.69) is 4.98 Å². The molecule has 2 N–H and O–H groups in total. The van der Waals surface area contributed by atoms with E-state index >= 15 is 0 Å². The van der Waals surface area contributed by atoms with E-state index in [9.17, 15) is 4.79 Å². The first-order valence-electron chi connectivity index (χ1n) is 4.91. The topological polar surface area (TPSA) is 59.2 Å². The SMILES string of the molecule is CC(C)[C@@H](N)C(=O)N(C)Cc1nccs1. The highest BCUT2D eigenvalue weighted by molar-refractivity contribution is 7.09. The normalized spacial score (nSPS) is 12.9. The zero-order valence-corrected chi connectivity index (χ0v) is 10.1. The van der Waals surface area contributed by atoms with E-state index in [1.54, 1.807) is 29.5 Å². The third-order valence-corrected chi connectivity index (χ3v) is 3.00. The van der Waals surface area contributed by atoms with Crippen molar-refractivity contribution < 1.29 is 4.79 Å². The zero-order valence-electron chi connectivity index (χ0n) is 9.30. The van der Waals surface area contributed by atoms with Crippen LogP contribution in [0.3, 0.4) is 0 Å². The first kappa shape index (κ1) is 12.1. The monoisotopic (exact) mass is 227 g/mol. The van der Waals surface area contributed by atoms with Gasteiger partial charge in [-0.1, -0.05) is 13.8 Å². The van der Waals surface area contributed by atoms with Gasteiger partial charge in [-0.3, -0.25) is 4.79 Å². The molecule has 0 aliphatic heterocycles. The second kappa shape index (κ2) is 5.23. The number of carbonyl (C=O) groups excluding carboxylic acids is 1. The predicted octanol–water partition coefficient (Wildman–Crippen LogP) is 1.08. The van der Waals surface area contributed by atoms with Gasteiger partial charge in [-0.2, -0.15) is 0 Å². The van der Waals surface area contributed by atoms with E-state index in [4.69, 9.17) is 5.73 Å². The fraction of sp³-hybridized carbons (Fsp3) is 0.600. The molecule has 1 amide bonds. The number of hydrogen-bond donors (Lipinski definition) is 1. The van der Waals surface area contributed by atoms with Crippen molar-refractivity contribution in [2.24, 2.45) is 11.7 Å². The Kier molecular flexibility index (Phi) is 4.23. The van der Waals surface area contributed by atoms with Crippen molar-refractivity contribution in [3.63, 3.8) is 0 Å². The third-order valence-electron chi connectivity index (χ3n) is 2.24. The average Bonchev–Trinajstić information content (AvgIpc) is 2.67. The summed E-state index contributed by atoms with van der Waals surface area (Å²) < 4.78 is 0. The molecule has 0 aliphatic rings. The van der Waals surface area contributed by atoms with Gasteiger partial charge in [-0.05, 0) is 5.92 Å². The lowest BCUT2D eigenvalue weighted by molar-refractivity contribution is -0.132. The van der Waals surface area contributed by atoms with E-state index in [-0.39, 0.29) is 11.8 Å². The van der Waals surface area contributed by atoms with Crippen molar-refractivity contribution in [3.8, 4) is 0 Å². The molecule has 5 heteroatoms. The first-order chi connectivity index (χ1) is 7.02. The quantitative estimate of drug-likeness (QED) is 0.837. The Bertz CT molecular complexity index is 310. The highest BCUT2D eigenvalue weighted by Gasteiger charge is 2.21. The van der Waals surface area contributed by atoms with Gasteiger partial charge in [0.1, 0.15) is 5.01 Å². The van der Waals surface area contributed by atoms with Gasteiger partial charge in [0, 0.05) is 18.6 Å². The Morgan fingerprint density at radius 3 is 2.80 bits per heavy atom. The highest BCUT2D eigenvalue weighted by Crippen LogP contribution is 2.09. The summed E-state index contributed by atoms with van der Waals surface area (Å²) in [6.07, 6.45) is 1.74. The molecular weight excluding hydrogens is 210 g/mol. The molecule has 1 aromatic rings. The number of nitrogens with two attached hydrogens (primary N) is 1. The van der Waals surface area contributed by atoms with E-state index in [1.807, 2.05) is 19.2 Å². The van der Waals surface area contributed by atoms with Crippen LogP contribution in [-0.4, -0.2) is 28.9 Å². The van der Waals surface area contributed by atoms with Crippen molar-refractivity contribution in [1.82, 2.24) is 9.88 Å². The van der Waals surface area contributed by atoms with Crippen LogP contribution >= 0.6 is 11.3 Å². The van der Waals surface area contributed by atoms with E-state index in [1.165, 1.54) is 0 Å². The van der Waals surface area contributed by atoms with Crippen LogP contribution in [0, 0.1) is 5.92 Å². The minimum Gasteiger partial charge on any atom is -0.338 e. The molecule has 0 radical (unpaired) electrons. The molecule has 0 aromatic carbocycles. The lowest BCUT2D eigenvalue weighted by atomic mass is 10.0. The van der Waals surface area contributed by atoms with Gasteiger partial charge < -0.3 is 10.6 Å². The number of amides is 1. The van der Waals surface area contributed by atoms with Gasteiger partial charge in [0.05, 0.1) is 12.6 Å². The lowest BCUT2D eigenvalue weighted by Gasteiger charge is -2.22. The first-order valence-corrected chi connectivity index (χ1v) is 5.79. The summed E-state index contributed by atoms with van der Waals surface area (Å²) in [7, 11) is 1.76. The summed E-state index contributed by atoms with van der Waals surface area (Å²) in [6, 6.07) is -0.421. The maximum absolute atomic E-state index is 11.8. The highest BCUT2D eigenvalue weighted by atomic mass is 32.1. The lowest BCUT2D eigenvalue weighted by Crippen LogP contribution is -2.44. The smallest absolute Gasteiger partial charge is 0.239 e. The Morgan fingerprint density at radius 1 is 1.67 bits per heavy atom. The van der Waals surface area contributed by atoms with Crippen LogP contribution in [0.1, 0.15) is 18.9 Å². The van der Waals surface area contributed by atoms with Crippen LogP contribution in [0.4, 0.5) is 0 Å². The van der Waals surface area contributed by atoms with E-state index < -0.39 is 6.04 Å². The molecule has 84 valence electrons. The number of carbonyl (C=O) groups is 1. The summed E-state index contributed by atoms with van der Waals surface area (Å²) in [6.45, 7) is 4.43. The molecule has 1 aromatic heterocycles. The molecule has 4 nitrogen and oxygen atoms in total. The van der Waals surface area contributed by atoms with Crippen LogP contribution in [0.15, 0.2) is 11.6 Å². The Morgan fingerprint density at radius 2 is 2.33 bits per heavy atom. The van der Waals surface area contributed by atoms with Crippen molar-refractivity contribution in [3.05, 3.63) is 16.6 Å². The molecule has 15 heavy (non-hydrogen) atoms. The van der Waals surface area contributed by atoms with Gasteiger partial charge in [0.2, 0.25) is 5.91 Å². The fourth-order valence-corrected chi connectivity index (χ4v) is 1.82. The second-order valence-corrected chi connectivity index (χ2v) is 4.87. The number of rotatable bonds is 4. The summed E-state index contributed by atoms with van der Waals surface area (Å²) >= 11 is 1.54. The summed E-state index contributed by atoms with van der Waals surface area (Å²) in [5.74, 6) is 0.136. The molecule has 0 saturated heterocycles. The fourth-order valence-electron chi connectivity index (χ4n) is 1.15. The van der Waals surface area contributed by atoms with Crippen molar-refractivity contribution in [2.45, 2.75) is 26.4 Å². The van der Waals surface area contributed by atoms with E-state index in [0.717, 1.165) is 5.01 Å². The Hall–Kier alpha value is -0.940. The molecular formula is C10H17N3OS. The summed E-state index contributed by atoms with van der Waals surface area (Å²) in [5, 5.41) is 2.83. The predicted molar refractivity (Wildman–Crippen MR) is 61.4 cm³/mol. The van der Waals surface area contributed by atoms with Gasteiger partial charge in [-0.15, -0.1) is 11.3 Å². The van der Waals surface area contributed by atoms with Gasteiger partial charge in [0.15, 0.2) is 0 Å². The molecule has 1 atom stereocenters. The minimum absolute atomic E-state index is 0.0276. The number of thiazole rings is 1. The number of hydrogen-bond acceptors (Lipinski definition) is 4. The van der Waals surface area contributed by atoms with Gasteiger partial charge in [-0.25, -0.2) is 4.98 Å². The minimum atomic E-state index is -0.421. The maximum Gasteiger partial charge on any atom is 0.239 e. The second-order valence-electron chi connectivity index (χ2n) is 3.89. The molecule has 0 bridgehead atoms. The molecule has 0 unspecified atom stereocenters. The Labute approximate surface area is 94.1 Å². The molecule has 1 heterocycles. The van der Waals surface area contributed by atoms with Crippen LogP contribution < -0.4 is 5.73 Å². The van der Waals surface area contributed by atoms with Crippen LogP contribution in [0.25, 0.3) is 0 Å². The van der Waals surface area contributed by atoms with Crippen LogP contribution in [-0.2, 0) is 11.3 Å². The summed E-state index contributed by atoms with van der Waals surface area (Å²) in [4.78, 5) is 17.5. The average molecular weight is 227 g/mol. The zero-order chi connectivity index (χ0) is 11.4. The molecule has 1 rings (SSSR count). The number of nitrogens with zero attached hydrogens (tertiary/aromatic N) is 2. The van der Waals surface area contributed by atoms with Gasteiger partial charge in [0.25, 0.3) is 0 Å². The van der Waals surface area contributed by atoms with Crippen LogP contribution in [0.5, 0.6) is 0 Å².